The minimum absolute atomic E-state index is 0.239. The average molecular weight is 279 g/mol. The van der Waals surface area contributed by atoms with Gasteiger partial charge in [-0.3, -0.25) is 4.79 Å². The number of aromatic nitrogens is 1. The van der Waals surface area contributed by atoms with Gasteiger partial charge in [-0.25, -0.2) is 4.98 Å². The summed E-state index contributed by atoms with van der Waals surface area (Å²) in [5.74, 6) is 0. The van der Waals surface area contributed by atoms with E-state index in [4.69, 9.17) is 0 Å². The molecule has 0 aliphatic rings. The Hall–Kier alpha value is -2.13. The van der Waals surface area contributed by atoms with Crippen molar-refractivity contribution >= 4 is 28.6 Å². The first kappa shape index (κ1) is 12.9. The molecule has 0 saturated heterocycles. The Morgan fingerprint density at radius 1 is 1.05 bits per heavy atom. The smallest absolute Gasteiger partial charge is 0.217 e. The van der Waals surface area contributed by atoms with Gasteiger partial charge >= 0.3 is 0 Å². The highest BCUT2D eigenvalue weighted by molar-refractivity contribution is 7.97. The first-order valence-electron chi connectivity index (χ1n) is 6.35. The summed E-state index contributed by atoms with van der Waals surface area (Å²) >= 11 is 3.97. The van der Waals surface area contributed by atoms with E-state index in [0.717, 1.165) is 22.2 Å². The van der Waals surface area contributed by atoms with Gasteiger partial charge in [-0.15, -0.1) is 12.6 Å². The van der Waals surface area contributed by atoms with Crippen molar-refractivity contribution in [3.63, 3.8) is 0 Å². The summed E-state index contributed by atoms with van der Waals surface area (Å²) in [5, 5.41) is 0.598. The molecule has 3 rings (SSSR count). The number of benzene rings is 2. The number of thiol groups is 1. The van der Waals surface area contributed by atoms with Crippen LogP contribution in [-0.4, -0.2) is 10.1 Å². The number of aryl methyl sites for hydroxylation is 1. The topological polar surface area (TPSA) is 30.0 Å². The molecule has 2 nitrogen and oxygen atoms in total. The fourth-order valence-electron chi connectivity index (χ4n) is 2.22. The maximum Gasteiger partial charge on any atom is 0.217 e. The van der Waals surface area contributed by atoms with E-state index < -0.39 is 0 Å². The molecule has 0 fully saturated rings. The van der Waals surface area contributed by atoms with Crippen molar-refractivity contribution in [3.8, 4) is 11.3 Å². The molecular formula is C17H13NOS. The van der Waals surface area contributed by atoms with Crippen molar-refractivity contribution in [2.75, 3.05) is 0 Å². The molecule has 0 amide bonds. The summed E-state index contributed by atoms with van der Waals surface area (Å²) in [6.45, 7) is 2.04. The van der Waals surface area contributed by atoms with Crippen molar-refractivity contribution in [3.05, 3.63) is 65.7 Å². The lowest BCUT2D eigenvalue weighted by Crippen LogP contribution is -1.95. The van der Waals surface area contributed by atoms with Crippen molar-refractivity contribution in [1.29, 1.82) is 0 Å². The molecule has 3 aromatic rings. The molecule has 0 radical (unpaired) electrons. The van der Waals surface area contributed by atoms with E-state index in [9.17, 15) is 4.79 Å². The summed E-state index contributed by atoms with van der Waals surface area (Å²) in [6.07, 6.45) is 0. The van der Waals surface area contributed by atoms with E-state index in [0.29, 0.717) is 5.56 Å². The van der Waals surface area contributed by atoms with Gasteiger partial charge in [0, 0.05) is 16.5 Å². The van der Waals surface area contributed by atoms with E-state index in [-0.39, 0.29) is 5.12 Å². The van der Waals surface area contributed by atoms with Crippen molar-refractivity contribution in [1.82, 2.24) is 4.98 Å². The minimum Gasteiger partial charge on any atom is -0.282 e. The molecule has 98 valence electrons. The third kappa shape index (κ3) is 2.32. The molecule has 2 aromatic carbocycles. The molecule has 0 N–H and O–H groups in total. The van der Waals surface area contributed by atoms with Crippen LogP contribution in [0.3, 0.4) is 0 Å². The molecular weight excluding hydrogens is 266 g/mol. The highest BCUT2D eigenvalue weighted by Gasteiger charge is 2.10. The average Bonchev–Trinajstić information content (AvgIpc) is 2.46. The molecule has 0 saturated carbocycles. The number of carbonyl (C=O) groups is 1. The van der Waals surface area contributed by atoms with Gasteiger partial charge in [-0.05, 0) is 19.1 Å². The summed E-state index contributed by atoms with van der Waals surface area (Å²) in [4.78, 5) is 16.4. The summed E-state index contributed by atoms with van der Waals surface area (Å²) in [6, 6.07) is 17.5. The lowest BCUT2D eigenvalue weighted by molar-refractivity contribution is 0.109. The highest BCUT2D eigenvalue weighted by Crippen LogP contribution is 2.25. The van der Waals surface area contributed by atoms with Crippen LogP contribution in [-0.2, 0) is 0 Å². The lowest BCUT2D eigenvalue weighted by atomic mass is 10.0. The Labute approximate surface area is 122 Å². The second kappa shape index (κ2) is 5.10. The van der Waals surface area contributed by atoms with Gasteiger partial charge in [-0.1, -0.05) is 48.0 Å². The number of hydrogen-bond donors (Lipinski definition) is 1. The molecule has 1 aromatic heterocycles. The van der Waals surface area contributed by atoms with Gasteiger partial charge in [0.05, 0.1) is 11.2 Å². The fraction of sp³-hybridized carbons (Fsp3) is 0.0588. The maximum absolute atomic E-state index is 11.7. The highest BCUT2D eigenvalue weighted by atomic mass is 32.1. The molecule has 3 heteroatoms. The number of hydrogen-bond acceptors (Lipinski definition) is 2. The lowest BCUT2D eigenvalue weighted by Gasteiger charge is -2.07. The molecule has 0 bridgehead atoms. The second-order valence-electron chi connectivity index (χ2n) is 4.74. The summed E-state index contributed by atoms with van der Waals surface area (Å²) in [5.41, 5.74) is 4.39. The van der Waals surface area contributed by atoms with Crippen LogP contribution in [0.4, 0.5) is 0 Å². The molecule has 0 atom stereocenters. The van der Waals surface area contributed by atoms with E-state index in [2.05, 4.69) is 17.6 Å². The summed E-state index contributed by atoms with van der Waals surface area (Å²) < 4.78 is 0. The zero-order valence-electron chi connectivity index (χ0n) is 11.0. The SMILES string of the molecule is Cc1ccc(-c2cc(C(=O)S)c3ccccc3n2)cc1. The monoisotopic (exact) mass is 279 g/mol. The molecule has 20 heavy (non-hydrogen) atoms. The number of para-hydroxylation sites is 1. The standard InChI is InChI=1S/C17H13NOS/c1-11-6-8-12(9-7-11)16-10-14(17(19)20)13-4-2-3-5-15(13)18-16/h2-10H,1H3,(H,19,20). The van der Waals surface area contributed by atoms with Crippen molar-refractivity contribution in [2.45, 2.75) is 6.92 Å². The Balaban J connectivity index is 2.27. The van der Waals surface area contributed by atoms with Gasteiger partial charge in [0.1, 0.15) is 0 Å². The normalized spacial score (nSPS) is 10.7. The van der Waals surface area contributed by atoms with Gasteiger partial charge in [0.2, 0.25) is 5.12 Å². The predicted octanol–water partition coefficient (Wildman–Crippen LogP) is 4.28. The number of fused-ring (bicyclic) bond motifs is 1. The van der Waals surface area contributed by atoms with Crippen molar-refractivity contribution in [2.24, 2.45) is 0 Å². The molecule has 0 aliphatic carbocycles. The third-order valence-corrected chi connectivity index (χ3v) is 3.53. The maximum atomic E-state index is 11.7. The van der Waals surface area contributed by atoms with Crippen LogP contribution in [0.15, 0.2) is 54.6 Å². The van der Waals surface area contributed by atoms with Crippen LogP contribution in [0.5, 0.6) is 0 Å². The molecule has 1 heterocycles. The van der Waals surface area contributed by atoms with E-state index in [1.54, 1.807) is 0 Å². The van der Waals surface area contributed by atoms with Crippen LogP contribution in [0.25, 0.3) is 22.2 Å². The Morgan fingerprint density at radius 2 is 1.75 bits per heavy atom. The van der Waals surface area contributed by atoms with Crippen molar-refractivity contribution < 1.29 is 4.79 Å². The Kier molecular flexibility index (Phi) is 3.28. The summed E-state index contributed by atoms with van der Waals surface area (Å²) in [7, 11) is 0. The number of pyridine rings is 1. The fourth-order valence-corrected chi connectivity index (χ4v) is 2.41. The van der Waals surface area contributed by atoms with E-state index in [1.807, 2.05) is 61.5 Å². The molecule has 0 spiro atoms. The zero-order chi connectivity index (χ0) is 14.1. The van der Waals surface area contributed by atoms with Gasteiger partial charge in [0.25, 0.3) is 0 Å². The zero-order valence-corrected chi connectivity index (χ0v) is 11.9. The number of rotatable bonds is 2. The van der Waals surface area contributed by atoms with Crippen LogP contribution in [0, 0.1) is 6.92 Å². The van der Waals surface area contributed by atoms with Crippen LogP contribution >= 0.6 is 12.6 Å². The van der Waals surface area contributed by atoms with Gasteiger partial charge < -0.3 is 0 Å². The Bertz CT molecular complexity index is 794. The first-order valence-corrected chi connectivity index (χ1v) is 6.80. The van der Waals surface area contributed by atoms with Crippen LogP contribution in [0.2, 0.25) is 0 Å². The first-order chi connectivity index (χ1) is 9.65. The van der Waals surface area contributed by atoms with E-state index >= 15 is 0 Å². The van der Waals surface area contributed by atoms with E-state index in [1.165, 1.54) is 5.56 Å². The minimum atomic E-state index is -0.239. The second-order valence-corrected chi connectivity index (χ2v) is 5.15. The van der Waals surface area contributed by atoms with Crippen LogP contribution in [0.1, 0.15) is 15.9 Å². The molecule has 0 aliphatic heterocycles. The Morgan fingerprint density at radius 3 is 2.45 bits per heavy atom. The van der Waals surface area contributed by atoms with Gasteiger partial charge in [0.15, 0.2) is 0 Å². The third-order valence-electron chi connectivity index (χ3n) is 3.29. The number of nitrogens with zero attached hydrogens (tertiary/aromatic N) is 1. The quantitative estimate of drug-likeness (QED) is 0.710. The predicted molar refractivity (Wildman–Crippen MR) is 85.2 cm³/mol. The van der Waals surface area contributed by atoms with Gasteiger partial charge in [-0.2, -0.15) is 0 Å². The number of carbonyl (C=O) groups excluding carboxylic acids is 1. The van der Waals surface area contributed by atoms with Crippen LogP contribution < -0.4 is 0 Å². The molecule has 0 unspecified atom stereocenters. The largest absolute Gasteiger partial charge is 0.282 e.